The molecule has 4 rings (SSSR count). The summed E-state index contributed by atoms with van der Waals surface area (Å²) in [6, 6.07) is 9.34. The first kappa shape index (κ1) is 15.1. The number of carbonyl (C=O) groups excluding carboxylic acids is 1. The Labute approximate surface area is 136 Å². The minimum Gasteiger partial charge on any atom is -0.364 e. The molecular weight excluding hydrogens is 295 g/mol. The third-order valence-corrected chi connectivity index (χ3v) is 5.71. The minimum atomic E-state index is -1.29. The SMILES string of the molecule is O=C(C1CC2(COCN2)C1)N1CCC(F)(c2ccccc2)CC1. The predicted molar refractivity (Wildman–Crippen MR) is 84.5 cm³/mol. The fourth-order valence-electron chi connectivity index (χ4n) is 4.19. The van der Waals surface area contributed by atoms with Crippen molar-refractivity contribution in [2.24, 2.45) is 5.92 Å². The highest BCUT2D eigenvalue weighted by Crippen LogP contribution is 2.42. The van der Waals surface area contributed by atoms with Gasteiger partial charge in [0.25, 0.3) is 0 Å². The van der Waals surface area contributed by atoms with Gasteiger partial charge in [-0.05, 0) is 18.4 Å². The Hall–Kier alpha value is -1.46. The van der Waals surface area contributed by atoms with Gasteiger partial charge in [0, 0.05) is 37.4 Å². The molecule has 0 radical (unpaired) electrons. The van der Waals surface area contributed by atoms with Crippen LogP contribution < -0.4 is 5.32 Å². The molecule has 0 bridgehead atoms. The van der Waals surface area contributed by atoms with E-state index in [2.05, 4.69) is 5.32 Å². The molecule has 0 unspecified atom stereocenters. The van der Waals surface area contributed by atoms with E-state index in [1.807, 2.05) is 35.2 Å². The number of amides is 1. The van der Waals surface area contributed by atoms with Gasteiger partial charge >= 0.3 is 0 Å². The molecule has 1 aromatic carbocycles. The molecule has 3 aliphatic rings. The molecule has 0 aromatic heterocycles. The lowest BCUT2D eigenvalue weighted by Gasteiger charge is -2.46. The third kappa shape index (κ3) is 2.66. The van der Waals surface area contributed by atoms with Crippen LogP contribution in [0.5, 0.6) is 0 Å². The summed E-state index contributed by atoms with van der Waals surface area (Å²) < 4.78 is 20.5. The van der Waals surface area contributed by atoms with Gasteiger partial charge < -0.3 is 9.64 Å². The predicted octanol–water partition coefficient (Wildman–Crippen LogP) is 2.20. The largest absolute Gasteiger partial charge is 0.364 e. The van der Waals surface area contributed by atoms with E-state index in [-0.39, 0.29) is 17.4 Å². The first-order valence-corrected chi connectivity index (χ1v) is 8.46. The van der Waals surface area contributed by atoms with Crippen LogP contribution in [-0.4, -0.2) is 42.8 Å². The first-order chi connectivity index (χ1) is 11.1. The molecular formula is C18H23FN2O2. The van der Waals surface area contributed by atoms with Crippen molar-refractivity contribution >= 4 is 5.91 Å². The van der Waals surface area contributed by atoms with Crippen LogP contribution in [0.25, 0.3) is 0 Å². The highest BCUT2D eigenvalue weighted by atomic mass is 19.1. The molecule has 1 aliphatic carbocycles. The van der Waals surface area contributed by atoms with Crippen LogP contribution in [-0.2, 0) is 15.2 Å². The Bertz CT molecular complexity index is 570. The van der Waals surface area contributed by atoms with Gasteiger partial charge in [0.05, 0.1) is 13.3 Å². The number of piperidine rings is 1. The van der Waals surface area contributed by atoms with Gasteiger partial charge in [-0.3, -0.25) is 10.1 Å². The van der Waals surface area contributed by atoms with Crippen LogP contribution >= 0.6 is 0 Å². The number of hydrogen-bond acceptors (Lipinski definition) is 3. The van der Waals surface area contributed by atoms with Crippen LogP contribution in [0.15, 0.2) is 30.3 Å². The van der Waals surface area contributed by atoms with Crippen molar-refractivity contribution in [3.63, 3.8) is 0 Å². The van der Waals surface area contributed by atoms with E-state index in [1.165, 1.54) is 0 Å². The average molecular weight is 318 g/mol. The molecule has 0 atom stereocenters. The molecule has 3 fully saturated rings. The van der Waals surface area contributed by atoms with E-state index in [4.69, 9.17) is 4.74 Å². The summed E-state index contributed by atoms with van der Waals surface area (Å²) in [5.41, 5.74) is -0.522. The van der Waals surface area contributed by atoms with E-state index >= 15 is 4.39 Å². The quantitative estimate of drug-likeness (QED) is 0.909. The lowest BCUT2D eigenvalue weighted by atomic mass is 9.68. The summed E-state index contributed by atoms with van der Waals surface area (Å²) in [5, 5.41) is 3.34. The fraction of sp³-hybridized carbons (Fsp3) is 0.611. The molecule has 124 valence electrons. The smallest absolute Gasteiger partial charge is 0.225 e. The highest BCUT2D eigenvalue weighted by molar-refractivity contribution is 5.80. The van der Waals surface area contributed by atoms with Gasteiger partial charge in [0.1, 0.15) is 5.67 Å². The van der Waals surface area contributed by atoms with Crippen molar-refractivity contribution in [2.45, 2.75) is 36.9 Å². The number of benzene rings is 1. The summed E-state index contributed by atoms with van der Waals surface area (Å²) in [6.07, 6.45) is 2.48. The molecule has 2 heterocycles. The number of rotatable bonds is 2. The third-order valence-electron chi connectivity index (χ3n) is 5.71. The van der Waals surface area contributed by atoms with Crippen LogP contribution in [0.3, 0.4) is 0 Å². The summed E-state index contributed by atoms with van der Waals surface area (Å²) >= 11 is 0. The van der Waals surface area contributed by atoms with Crippen molar-refractivity contribution in [3.05, 3.63) is 35.9 Å². The number of hydrogen-bond donors (Lipinski definition) is 1. The van der Waals surface area contributed by atoms with Gasteiger partial charge in [-0.15, -0.1) is 0 Å². The molecule has 2 aliphatic heterocycles. The van der Waals surface area contributed by atoms with E-state index in [9.17, 15) is 4.79 Å². The zero-order valence-electron chi connectivity index (χ0n) is 13.3. The number of carbonyl (C=O) groups is 1. The van der Waals surface area contributed by atoms with Crippen molar-refractivity contribution < 1.29 is 13.9 Å². The summed E-state index contributed by atoms with van der Waals surface area (Å²) in [7, 11) is 0. The molecule has 1 saturated carbocycles. The fourth-order valence-corrected chi connectivity index (χ4v) is 4.19. The van der Waals surface area contributed by atoms with Crippen molar-refractivity contribution in [3.8, 4) is 0 Å². The minimum absolute atomic E-state index is 0.0317. The zero-order chi connectivity index (χ0) is 15.9. The second kappa shape index (κ2) is 5.56. The van der Waals surface area contributed by atoms with E-state index < -0.39 is 5.67 Å². The number of likely N-dealkylation sites (tertiary alicyclic amines) is 1. The number of nitrogens with zero attached hydrogens (tertiary/aromatic N) is 1. The van der Waals surface area contributed by atoms with Crippen LogP contribution in [0, 0.1) is 5.92 Å². The van der Waals surface area contributed by atoms with Gasteiger partial charge in [0.2, 0.25) is 5.91 Å². The lowest BCUT2D eigenvalue weighted by Crippen LogP contribution is -2.58. The van der Waals surface area contributed by atoms with Gasteiger partial charge in [-0.2, -0.15) is 0 Å². The van der Waals surface area contributed by atoms with E-state index in [1.54, 1.807) is 0 Å². The zero-order valence-corrected chi connectivity index (χ0v) is 13.3. The summed E-state index contributed by atoms with van der Waals surface area (Å²) in [6.45, 7) is 2.32. The van der Waals surface area contributed by atoms with Crippen LogP contribution in [0.2, 0.25) is 0 Å². The van der Waals surface area contributed by atoms with Gasteiger partial charge in [0.15, 0.2) is 0 Å². The van der Waals surface area contributed by atoms with E-state index in [0.717, 1.165) is 18.4 Å². The Kier molecular flexibility index (Phi) is 3.65. The molecule has 4 nitrogen and oxygen atoms in total. The van der Waals surface area contributed by atoms with Crippen LogP contribution in [0.4, 0.5) is 4.39 Å². The average Bonchev–Trinajstić information content (AvgIpc) is 3.04. The molecule has 1 N–H and O–H groups in total. The molecule has 5 heteroatoms. The number of ether oxygens (including phenoxy) is 1. The molecule has 23 heavy (non-hydrogen) atoms. The van der Waals surface area contributed by atoms with Gasteiger partial charge in [-0.1, -0.05) is 30.3 Å². The summed E-state index contributed by atoms with van der Waals surface area (Å²) in [5.74, 6) is 0.271. The van der Waals surface area contributed by atoms with Gasteiger partial charge in [-0.25, -0.2) is 4.39 Å². The Morgan fingerprint density at radius 1 is 1.22 bits per heavy atom. The maximum absolute atomic E-state index is 15.1. The van der Waals surface area contributed by atoms with Crippen molar-refractivity contribution in [2.75, 3.05) is 26.4 Å². The maximum Gasteiger partial charge on any atom is 0.225 e. The number of halogens is 1. The van der Waals surface area contributed by atoms with Crippen LogP contribution in [0.1, 0.15) is 31.2 Å². The molecule has 2 saturated heterocycles. The van der Waals surface area contributed by atoms with Crippen molar-refractivity contribution in [1.29, 1.82) is 0 Å². The highest BCUT2D eigenvalue weighted by Gasteiger charge is 2.51. The normalized spacial score (nSPS) is 32.7. The maximum atomic E-state index is 15.1. The topological polar surface area (TPSA) is 41.6 Å². The van der Waals surface area contributed by atoms with E-state index in [0.29, 0.717) is 39.3 Å². The molecule has 1 spiro atoms. The second-order valence-corrected chi connectivity index (χ2v) is 7.21. The molecule has 1 amide bonds. The number of nitrogens with one attached hydrogen (secondary N) is 1. The standard InChI is InChI=1S/C18H23FN2O2/c19-18(15-4-2-1-3-5-15)6-8-21(9-7-18)16(22)14-10-17(11-14)12-23-13-20-17/h1-5,14,20H,6-13H2. The first-order valence-electron chi connectivity index (χ1n) is 8.46. The summed E-state index contributed by atoms with van der Waals surface area (Å²) in [4.78, 5) is 14.5. The second-order valence-electron chi connectivity index (χ2n) is 7.21. The Balaban J connectivity index is 1.34. The number of alkyl halides is 1. The monoisotopic (exact) mass is 318 g/mol. The Morgan fingerprint density at radius 2 is 1.91 bits per heavy atom. The molecule has 1 aromatic rings. The Morgan fingerprint density at radius 3 is 2.52 bits per heavy atom. The lowest BCUT2D eigenvalue weighted by molar-refractivity contribution is -0.144. The van der Waals surface area contributed by atoms with Crippen molar-refractivity contribution in [1.82, 2.24) is 10.2 Å².